The molecule has 82 valence electrons. The molecule has 1 N–H and O–H groups in total. The zero-order chi connectivity index (χ0) is 11.5. The fraction of sp³-hybridized carbons (Fsp3) is 0.385. The van der Waals surface area contributed by atoms with E-state index < -0.39 is 8.07 Å². The molecule has 1 nitrogen and oxygen atoms in total. The SMILES string of the molecule is C/C(=C\CO)c1cccc([Si](C)(C)C)c1. The van der Waals surface area contributed by atoms with E-state index >= 15 is 0 Å². The van der Waals surface area contributed by atoms with Gasteiger partial charge in [-0.25, -0.2) is 0 Å². The molecule has 0 aliphatic heterocycles. The van der Waals surface area contributed by atoms with E-state index in [-0.39, 0.29) is 6.61 Å². The molecule has 15 heavy (non-hydrogen) atoms. The lowest BCUT2D eigenvalue weighted by Gasteiger charge is -2.17. The monoisotopic (exact) mass is 220 g/mol. The van der Waals surface area contributed by atoms with Crippen LogP contribution in [0.4, 0.5) is 0 Å². The van der Waals surface area contributed by atoms with E-state index in [2.05, 4.69) is 43.9 Å². The van der Waals surface area contributed by atoms with Gasteiger partial charge in [-0.3, -0.25) is 0 Å². The Labute approximate surface area is 93.5 Å². The van der Waals surface area contributed by atoms with Gasteiger partial charge < -0.3 is 5.11 Å². The third kappa shape index (κ3) is 3.32. The molecule has 0 radical (unpaired) electrons. The Morgan fingerprint density at radius 2 is 2.00 bits per heavy atom. The van der Waals surface area contributed by atoms with Gasteiger partial charge in [-0.1, -0.05) is 55.2 Å². The largest absolute Gasteiger partial charge is 0.392 e. The van der Waals surface area contributed by atoms with E-state index in [0.717, 1.165) is 5.57 Å². The molecule has 1 aromatic carbocycles. The predicted molar refractivity (Wildman–Crippen MR) is 70.2 cm³/mol. The molecule has 0 aliphatic rings. The van der Waals surface area contributed by atoms with Gasteiger partial charge >= 0.3 is 0 Å². The van der Waals surface area contributed by atoms with E-state index in [1.54, 1.807) is 0 Å². The Kier molecular flexibility index (Phi) is 3.88. The van der Waals surface area contributed by atoms with Crippen molar-refractivity contribution in [3.8, 4) is 0 Å². The second-order valence-corrected chi connectivity index (χ2v) is 9.98. The van der Waals surface area contributed by atoms with Gasteiger partial charge in [0.05, 0.1) is 14.7 Å². The molecule has 1 aromatic rings. The predicted octanol–water partition coefficient (Wildman–Crippen LogP) is 2.63. The summed E-state index contributed by atoms with van der Waals surface area (Å²) in [5.41, 5.74) is 2.38. The van der Waals surface area contributed by atoms with Crippen LogP contribution < -0.4 is 5.19 Å². The van der Waals surface area contributed by atoms with Crippen LogP contribution >= 0.6 is 0 Å². The van der Waals surface area contributed by atoms with Gasteiger partial charge in [0.15, 0.2) is 0 Å². The Morgan fingerprint density at radius 1 is 1.33 bits per heavy atom. The van der Waals surface area contributed by atoms with E-state index in [1.165, 1.54) is 10.8 Å². The summed E-state index contributed by atoms with van der Waals surface area (Å²) in [6.45, 7) is 9.19. The van der Waals surface area contributed by atoms with Crippen LogP contribution in [0.5, 0.6) is 0 Å². The minimum atomic E-state index is -1.22. The summed E-state index contributed by atoms with van der Waals surface area (Å²) < 4.78 is 0. The van der Waals surface area contributed by atoms with Crippen LogP contribution in [0.3, 0.4) is 0 Å². The maximum Gasteiger partial charge on any atom is 0.0776 e. The number of aliphatic hydroxyl groups excluding tert-OH is 1. The van der Waals surface area contributed by atoms with Gasteiger partial charge in [-0.2, -0.15) is 0 Å². The third-order valence-corrected chi connectivity index (χ3v) is 4.62. The fourth-order valence-electron chi connectivity index (χ4n) is 1.49. The maximum absolute atomic E-state index is 8.86. The first kappa shape index (κ1) is 12.2. The fourth-order valence-corrected chi connectivity index (χ4v) is 2.67. The Balaban J connectivity index is 3.08. The number of hydrogen-bond acceptors (Lipinski definition) is 1. The molecule has 0 amide bonds. The van der Waals surface area contributed by atoms with E-state index in [4.69, 9.17) is 5.11 Å². The zero-order valence-electron chi connectivity index (χ0n) is 10.0. The lowest BCUT2D eigenvalue weighted by Crippen LogP contribution is -2.37. The first-order chi connectivity index (χ1) is 6.95. The summed E-state index contributed by atoms with van der Waals surface area (Å²) in [5, 5.41) is 10.3. The molecule has 0 saturated heterocycles. The second kappa shape index (κ2) is 4.77. The minimum absolute atomic E-state index is 0.114. The average molecular weight is 220 g/mol. The molecular formula is C13H20OSi. The molecular weight excluding hydrogens is 200 g/mol. The Morgan fingerprint density at radius 3 is 2.53 bits per heavy atom. The molecule has 0 aliphatic carbocycles. The molecule has 2 heteroatoms. The molecule has 0 unspecified atom stereocenters. The highest BCUT2D eigenvalue weighted by atomic mass is 28.3. The van der Waals surface area contributed by atoms with Crippen LogP contribution in [0.15, 0.2) is 30.3 Å². The van der Waals surface area contributed by atoms with Crippen molar-refractivity contribution in [3.05, 3.63) is 35.9 Å². The summed E-state index contributed by atoms with van der Waals surface area (Å²) in [5.74, 6) is 0. The quantitative estimate of drug-likeness (QED) is 0.776. The first-order valence-electron chi connectivity index (χ1n) is 5.33. The Hall–Kier alpha value is -0.863. The van der Waals surface area contributed by atoms with Crippen LogP contribution in [0.1, 0.15) is 12.5 Å². The summed E-state index contributed by atoms with van der Waals surface area (Å²) in [6.07, 6.45) is 1.85. The minimum Gasteiger partial charge on any atom is -0.392 e. The van der Waals surface area contributed by atoms with Crippen molar-refractivity contribution in [1.82, 2.24) is 0 Å². The highest BCUT2D eigenvalue weighted by molar-refractivity contribution is 6.88. The molecule has 1 rings (SSSR count). The second-order valence-electron chi connectivity index (χ2n) is 4.90. The number of hydrogen-bond donors (Lipinski definition) is 1. The van der Waals surface area contributed by atoms with Crippen molar-refractivity contribution in [2.24, 2.45) is 0 Å². The van der Waals surface area contributed by atoms with Gasteiger partial charge in [0.1, 0.15) is 0 Å². The van der Waals surface area contributed by atoms with Crippen molar-refractivity contribution in [1.29, 1.82) is 0 Å². The molecule has 0 atom stereocenters. The summed E-state index contributed by atoms with van der Waals surface area (Å²) in [4.78, 5) is 0. The van der Waals surface area contributed by atoms with Crippen molar-refractivity contribution < 1.29 is 5.11 Å². The van der Waals surface area contributed by atoms with Gasteiger partial charge in [-0.05, 0) is 18.1 Å². The first-order valence-corrected chi connectivity index (χ1v) is 8.83. The molecule has 0 bridgehead atoms. The van der Waals surface area contributed by atoms with E-state index in [0.29, 0.717) is 0 Å². The number of allylic oxidation sites excluding steroid dienone is 1. The van der Waals surface area contributed by atoms with Gasteiger partial charge in [-0.15, -0.1) is 0 Å². The van der Waals surface area contributed by atoms with Crippen molar-refractivity contribution in [3.63, 3.8) is 0 Å². The lowest BCUT2D eigenvalue weighted by molar-refractivity contribution is 0.343. The summed E-state index contributed by atoms with van der Waals surface area (Å²) >= 11 is 0. The van der Waals surface area contributed by atoms with Crippen LogP contribution in [-0.4, -0.2) is 19.8 Å². The average Bonchev–Trinajstić information content (AvgIpc) is 2.17. The van der Waals surface area contributed by atoms with E-state index in [9.17, 15) is 0 Å². The van der Waals surface area contributed by atoms with Crippen molar-refractivity contribution in [2.75, 3.05) is 6.61 Å². The number of aliphatic hydroxyl groups is 1. The van der Waals surface area contributed by atoms with Crippen molar-refractivity contribution >= 4 is 18.8 Å². The standard InChI is InChI=1S/C13H20OSi/c1-11(8-9-14)12-6-5-7-13(10-12)15(2,3)4/h5-8,10,14H,9H2,1-4H3/b11-8+. The van der Waals surface area contributed by atoms with E-state index in [1.807, 2.05) is 13.0 Å². The van der Waals surface area contributed by atoms with Gasteiger partial charge in [0, 0.05) is 0 Å². The Bertz CT molecular complexity index is 361. The van der Waals surface area contributed by atoms with Crippen molar-refractivity contribution in [2.45, 2.75) is 26.6 Å². The van der Waals surface area contributed by atoms with Crippen LogP contribution in [0, 0.1) is 0 Å². The molecule has 0 aromatic heterocycles. The highest BCUT2D eigenvalue weighted by Gasteiger charge is 2.16. The van der Waals surface area contributed by atoms with Gasteiger partial charge in [0.2, 0.25) is 0 Å². The van der Waals surface area contributed by atoms with Gasteiger partial charge in [0.25, 0.3) is 0 Å². The molecule has 0 saturated carbocycles. The topological polar surface area (TPSA) is 20.2 Å². The lowest BCUT2D eigenvalue weighted by atomic mass is 10.1. The molecule has 0 fully saturated rings. The van der Waals surface area contributed by atoms with Crippen LogP contribution in [-0.2, 0) is 0 Å². The normalized spacial score (nSPS) is 13.0. The highest BCUT2D eigenvalue weighted by Crippen LogP contribution is 2.13. The third-order valence-electron chi connectivity index (χ3n) is 2.58. The van der Waals surface area contributed by atoms with Crippen LogP contribution in [0.25, 0.3) is 5.57 Å². The summed E-state index contributed by atoms with van der Waals surface area (Å²) in [7, 11) is -1.22. The molecule has 0 heterocycles. The number of rotatable bonds is 3. The summed E-state index contributed by atoms with van der Waals surface area (Å²) in [6, 6.07) is 8.68. The molecule has 0 spiro atoms. The number of benzene rings is 1. The maximum atomic E-state index is 8.86. The smallest absolute Gasteiger partial charge is 0.0776 e. The van der Waals surface area contributed by atoms with Crippen LogP contribution in [0.2, 0.25) is 19.6 Å². The zero-order valence-corrected chi connectivity index (χ0v) is 11.0.